The van der Waals surface area contributed by atoms with Crippen LogP contribution in [0.2, 0.25) is 0 Å². The fourth-order valence-corrected chi connectivity index (χ4v) is 4.95. The minimum Gasteiger partial charge on any atom is -0.352 e. The normalized spacial score (nSPS) is 18.1. The molecule has 1 fully saturated rings. The molecule has 0 saturated heterocycles. The summed E-state index contributed by atoms with van der Waals surface area (Å²) >= 11 is 0. The van der Waals surface area contributed by atoms with Crippen molar-refractivity contribution in [2.75, 3.05) is 19.6 Å². The van der Waals surface area contributed by atoms with Crippen LogP contribution < -0.4 is 5.32 Å². The molecule has 0 aliphatic heterocycles. The number of benzene rings is 2. The van der Waals surface area contributed by atoms with E-state index in [4.69, 9.17) is 0 Å². The van der Waals surface area contributed by atoms with Crippen LogP contribution in [-0.2, 0) is 22.4 Å². The topological polar surface area (TPSA) is 49.4 Å². The van der Waals surface area contributed by atoms with Gasteiger partial charge in [-0.1, -0.05) is 84.5 Å². The summed E-state index contributed by atoms with van der Waals surface area (Å²) < 4.78 is 0. The van der Waals surface area contributed by atoms with Crippen molar-refractivity contribution in [1.82, 2.24) is 10.2 Å². The van der Waals surface area contributed by atoms with E-state index in [0.29, 0.717) is 31.8 Å². The number of hydrogen-bond donors (Lipinski definition) is 1. The smallest absolute Gasteiger partial charge is 0.226 e. The van der Waals surface area contributed by atoms with Crippen molar-refractivity contribution in [3.05, 3.63) is 95.6 Å². The van der Waals surface area contributed by atoms with Gasteiger partial charge in [0, 0.05) is 26.1 Å². The number of carbonyl (C=O) groups is 2. The maximum absolute atomic E-state index is 13.1. The van der Waals surface area contributed by atoms with Gasteiger partial charge in [-0.15, -0.1) is 0 Å². The van der Waals surface area contributed by atoms with Gasteiger partial charge in [0.25, 0.3) is 0 Å². The summed E-state index contributed by atoms with van der Waals surface area (Å²) in [6.07, 6.45) is 14.8. The number of aryl methyl sites for hydroxylation is 1. The highest BCUT2D eigenvalue weighted by Crippen LogP contribution is 2.43. The van der Waals surface area contributed by atoms with Crippen LogP contribution in [0, 0.1) is 11.8 Å². The lowest BCUT2D eigenvalue weighted by Gasteiger charge is -2.23. The number of hydrogen-bond acceptors (Lipinski definition) is 2. The summed E-state index contributed by atoms with van der Waals surface area (Å²) in [4.78, 5) is 27.5. The van der Waals surface area contributed by atoms with Crippen LogP contribution in [0.1, 0.15) is 56.1 Å². The lowest BCUT2D eigenvalue weighted by molar-refractivity contribution is -0.130. The number of allylic oxidation sites excluding steroid dienone is 3. The molecule has 2 aliphatic rings. The Kier molecular flexibility index (Phi) is 9.96. The van der Waals surface area contributed by atoms with Gasteiger partial charge in [0.15, 0.2) is 0 Å². The number of carbonyl (C=O) groups excluding carboxylic acids is 2. The van der Waals surface area contributed by atoms with E-state index in [-0.39, 0.29) is 11.8 Å². The first-order valence-electron chi connectivity index (χ1n) is 13.7. The van der Waals surface area contributed by atoms with Crippen molar-refractivity contribution in [2.24, 2.45) is 11.8 Å². The van der Waals surface area contributed by atoms with E-state index >= 15 is 0 Å². The van der Waals surface area contributed by atoms with Crippen molar-refractivity contribution in [3.8, 4) is 0 Å². The second-order valence-corrected chi connectivity index (χ2v) is 10.2. The summed E-state index contributed by atoms with van der Waals surface area (Å²) in [5.41, 5.74) is 3.73. The minimum atomic E-state index is 0.112. The third-order valence-electron chi connectivity index (χ3n) is 7.24. The van der Waals surface area contributed by atoms with Crippen molar-refractivity contribution in [1.29, 1.82) is 0 Å². The van der Waals surface area contributed by atoms with Gasteiger partial charge in [0.2, 0.25) is 11.8 Å². The Morgan fingerprint density at radius 2 is 1.53 bits per heavy atom. The summed E-state index contributed by atoms with van der Waals surface area (Å²) in [5.74, 6) is 1.73. The van der Waals surface area contributed by atoms with Crippen molar-refractivity contribution >= 4 is 11.8 Å². The van der Waals surface area contributed by atoms with Gasteiger partial charge in [-0.3, -0.25) is 9.59 Å². The van der Waals surface area contributed by atoms with Gasteiger partial charge in [-0.2, -0.15) is 0 Å². The second-order valence-electron chi connectivity index (χ2n) is 10.2. The Labute approximate surface area is 216 Å². The van der Waals surface area contributed by atoms with Crippen LogP contribution in [0.3, 0.4) is 0 Å². The second kappa shape index (κ2) is 13.8. The van der Waals surface area contributed by atoms with E-state index < -0.39 is 0 Å². The molecule has 0 aromatic heterocycles. The summed E-state index contributed by atoms with van der Waals surface area (Å²) in [7, 11) is 0. The molecule has 2 atom stereocenters. The average Bonchev–Trinajstić information content (AvgIpc) is 3.66. The Bertz CT molecular complexity index is 1030. The Hall–Kier alpha value is -3.14. The van der Waals surface area contributed by atoms with Gasteiger partial charge >= 0.3 is 0 Å². The number of unbranched alkanes of at least 4 members (excludes halogenated alkanes) is 2. The molecule has 1 saturated carbocycles. The fraction of sp³-hybridized carbons (Fsp3) is 0.438. The molecule has 2 aromatic rings. The summed E-state index contributed by atoms with van der Waals surface area (Å²) in [5, 5.41) is 3.10. The predicted octanol–water partition coefficient (Wildman–Crippen LogP) is 5.89. The zero-order valence-corrected chi connectivity index (χ0v) is 21.4. The Morgan fingerprint density at radius 3 is 2.28 bits per heavy atom. The van der Waals surface area contributed by atoms with E-state index in [1.165, 1.54) is 17.6 Å². The minimum absolute atomic E-state index is 0.112. The van der Waals surface area contributed by atoms with Crippen LogP contribution in [-0.4, -0.2) is 36.3 Å². The first-order valence-corrected chi connectivity index (χ1v) is 13.7. The monoisotopic (exact) mass is 484 g/mol. The number of fused-ring (bicyclic) bond motifs is 1. The van der Waals surface area contributed by atoms with E-state index in [2.05, 4.69) is 47.8 Å². The molecule has 4 heteroatoms. The van der Waals surface area contributed by atoms with Crippen molar-refractivity contribution in [2.45, 2.75) is 57.8 Å². The quantitative estimate of drug-likeness (QED) is 0.268. The number of nitrogens with zero attached hydrogens (tertiary/aromatic N) is 1. The van der Waals surface area contributed by atoms with E-state index in [1.54, 1.807) is 0 Å². The standard InChI is InChI=1S/C32H40N2O2/c35-31(33-25-28-17-11-18-29-24-30(29)22-28)19-8-10-21-34(32(36)23-27-15-5-2-6-16-27)20-9-7-14-26-12-3-1-4-13-26/h1-6,11-13,15-16,18,22,29-30H,7-10,14,17,19-21,23-25H2,(H,33,35). The maximum atomic E-state index is 13.1. The van der Waals surface area contributed by atoms with Crippen LogP contribution in [0.25, 0.3) is 0 Å². The van der Waals surface area contributed by atoms with Crippen molar-refractivity contribution < 1.29 is 9.59 Å². The summed E-state index contributed by atoms with van der Waals surface area (Å²) in [6.45, 7) is 2.15. The predicted molar refractivity (Wildman–Crippen MR) is 146 cm³/mol. The summed E-state index contributed by atoms with van der Waals surface area (Å²) in [6, 6.07) is 20.5. The molecule has 2 aliphatic carbocycles. The number of amides is 2. The SMILES string of the molecule is O=C(CCCCN(CCCCc1ccccc1)C(=O)Cc1ccccc1)NCC1=CC2CC2C=CC1. The molecule has 1 N–H and O–H groups in total. The zero-order valence-electron chi connectivity index (χ0n) is 21.4. The molecule has 2 unspecified atom stereocenters. The first-order chi connectivity index (χ1) is 17.7. The van der Waals surface area contributed by atoms with E-state index in [0.717, 1.165) is 56.6 Å². The molecule has 36 heavy (non-hydrogen) atoms. The van der Waals surface area contributed by atoms with Gasteiger partial charge < -0.3 is 10.2 Å². The van der Waals surface area contributed by atoms with Gasteiger partial charge in [0.1, 0.15) is 0 Å². The first kappa shape index (κ1) is 25.9. The molecule has 0 bridgehead atoms. The van der Waals surface area contributed by atoms with Crippen molar-refractivity contribution in [3.63, 3.8) is 0 Å². The lowest BCUT2D eigenvalue weighted by atomic mass is 10.1. The molecule has 0 spiro atoms. The van der Waals surface area contributed by atoms with Crippen LogP contribution in [0.5, 0.6) is 0 Å². The Balaban J connectivity index is 1.18. The Morgan fingerprint density at radius 1 is 0.833 bits per heavy atom. The van der Waals surface area contributed by atoms with Gasteiger partial charge in [0.05, 0.1) is 6.42 Å². The van der Waals surface area contributed by atoms with Crippen LogP contribution in [0.4, 0.5) is 0 Å². The third-order valence-corrected chi connectivity index (χ3v) is 7.24. The molecule has 0 heterocycles. The molecule has 190 valence electrons. The van der Waals surface area contributed by atoms with Gasteiger partial charge in [-0.05, 0) is 67.9 Å². The van der Waals surface area contributed by atoms with E-state index in [1.807, 2.05) is 41.3 Å². The molecule has 4 rings (SSSR count). The molecule has 2 amide bonds. The molecule has 4 nitrogen and oxygen atoms in total. The highest BCUT2D eigenvalue weighted by Gasteiger charge is 2.33. The molecular weight excluding hydrogens is 444 g/mol. The van der Waals surface area contributed by atoms with Gasteiger partial charge in [-0.25, -0.2) is 0 Å². The number of nitrogens with one attached hydrogen (secondary N) is 1. The molecular formula is C32H40N2O2. The van der Waals surface area contributed by atoms with E-state index in [9.17, 15) is 9.59 Å². The maximum Gasteiger partial charge on any atom is 0.226 e. The third kappa shape index (κ3) is 8.82. The molecule has 2 aromatic carbocycles. The lowest BCUT2D eigenvalue weighted by Crippen LogP contribution is -2.34. The zero-order chi connectivity index (χ0) is 25.0. The highest BCUT2D eigenvalue weighted by atomic mass is 16.2. The fourth-order valence-electron chi connectivity index (χ4n) is 4.95. The molecule has 0 radical (unpaired) electrons. The van der Waals surface area contributed by atoms with Crippen LogP contribution in [0.15, 0.2) is 84.5 Å². The highest BCUT2D eigenvalue weighted by molar-refractivity contribution is 5.78. The number of rotatable bonds is 14. The van der Waals surface area contributed by atoms with Crippen LogP contribution >= 0.6 is 0 Å². The average molecular weight is 485 g/mol. The largest absolute Gasteiger partial charge is 0.352 e.